The maximum Gasteiger partial charge on any atom is 0.338 e. The highest BCUT2D eigenvalue weighted by Gasteiger charge is 2.18. The molecule has 4 rings (SSSR count). The van der Waals surface area contributed by atoms with Crippen LogP contribution in [0.15, 0.2) is 54.6 Å². The molecule has 7 nitrogen and oxygen atoms in total. The number of urea groups is 1. The van der Waals surface area contributed by atoms with E-state index in [-0.39, 0.29) is 18.0 Å². The van der Waals surface area contributed by atoms with Crippen molar-refractivity contribution < 1.29 is 18.8 Å². The van der Waals surface area contributed by atoms with Crippen molar-refractivity contribution in [3.05, 3.63) is 71.5 Å². The summed E-state index contributed by atoms with van der Waals surface area (Å²) >= 11 is 0. The molecule has 3 aromatic carbocycles. The van der Waals surface area contributed by atoms with Crippen LogP contribution in [0.2, 0.25) is 0 Å². The Morgan fingerprint density at radius 3 is 2.60 bits per heavy atom. The van der Waals surface area contributed by atoms with Crippen molar-refractivity contribution in [2.75, 3.05) is 10.6 Å². The maximum absolute atomic E-state index is 14.2. The zero-order chi connectivity index (χ0) is 21.1. The second-order valence-corrected chi connectivity index (χ2v) is 7.02. The molecular weight excluding hydrogens is 387 g/mol. The molecule has 1 heterocycles. The molecule has 0 unspecified atom stereocenters. The largest absolute Gasteiger partial charge is 0.338 e. The number of aryl methyl sites for hydroxylation is 1. The van der Waals surface area contributed by atoms with E-state index in [1.165, 1.54) is 12.1 Å². The van der Waals surface area contributed by atoms with Gasteiger partial charge in [0.2, 0.25) is 11.8 Å². The minimum atomic E-state index is -0.803. The van der Waals surface area contributed by atoms with Gasteiger partial charge in [0.15, 0.2) is 0 Å². The predicted octanol–water partition coefficient (Wildman–Crippen LogP) is 3.26. The lowest BCUT2D eigenvalue weighted by molar-refractivity contribution is -0.121. The van der Waals surface area contributed by atoms with Gasteiger partial charge in [0.1, 0.15) is 5.82 Å². The summed E-state index contributed by atoms with van der Waals surface area (Å²) in [6.45, 7) is 0. The van der Waals surface area contributed by atoms with Crippen LogP contribution in [-0.2, 0) is 22.4 Å². The topological polar surface area (TPSA) is 99.3 Å². The number of carbonyl (C=O) groups is 3. The molecular formula is C22H19FN4O3. The Labute approximate surface area is 171 Å². The van der Waals surface area contributed by atoms with E-state index in [0.29, 0.717) is 24.1 Å². The van der Waals surface area contributed by atoms with Crippen LogP contribution in [0.3, 0.4) is 0 Å². The van der Waals surface area contributed by atoms with Crippen LogP contribution in [0, 0.1) is 5.82 Å². The summed E-state index contributed by atoms with van der Waals surface area (Å²) in [4.78, 5) is 35.7. The molecule has 0 saturated heterocycles. The van der Waals surface area contributed by atoms with Crippen LogP contribution < -0.4 is 21.5 Å². The Bertz CT molecular complexity index is 1160. The van der Waals surface area contributed by atoms with E-state index in [2.05, 4.69) is 21.5 Å². The van der Waals surface area contributed by atoms with Gasteiger partial charge < -0.3 is 10.6 Å². The monoisotopic (exact) mass is 406 g/mol. The highest BCUT2D eigenvalue weighted by Crippen LogP contribution is 2.28. The number of rotatable bonds is 3. The normalized spacial score (nSPS) is 12.6. The number of nitrogens with one attached hydrogen (secondary N) is 4. The molecule has 0 spiro atoms. The number of halogens is 1. The first kappa shape index (κ1) is 19.4. The van der Waals surface area contributed by atoms with Crippen LogP contribution in [0.5, 0.6) is 0 Å². The van der Waals surface area contributed by atoms with Crippen LogP contribution >= 0.6 is 0 Å². The van der Waals surface area contributed by atoms with Gasteiger partial charge in [0.25, 0.3) is 0 Å². The second-order valence-electron chi connectivity index (χ2n) is 7.02. The zero-order valence-electron chi connectivity index (χ0n) is 15.9. The minimum Gasteiger partial charge on any atom is -0.326 e. The fourth-order valence-electron chi connectivity index (χ4n) is 3.35. The fourth-order valence-corrected chi connectivity index (χ4v) is 3.35. The van der Waals surface area contributed by atoms with E-state index in [1.54, 1.807) is 0 Å². The molecule has 1 aliphatic heterocycles. The summed E-state index contributed by atoms with van der Waals surface area (Å²) in [5.74, 6) is -1.20. The minimum absolute atomic E-state index is 0.0738. The predicted molar refractivity (Wildman–Crippen MR) is 111 cm³/mol. The van der Waals surface area contributed by atoms with Crippen molar-refractivity contribution in [1.29, 1.82) is 0 Å². The summed E-state index contributed by atoms with van der Waals surface area (Å²) in [5.41, 5.74) is 6.32. The lowest BCUT2D eigenvalue weighted by Gasteiger charge is -2.18. The van der Waals surface area contributed by atoms with Gasteiger partial charge in [-0.3, -0.25) is 15.0 Å². The van der Waals surface area contributed by atoms with Gasteiger partial charge in [-0.2, -0.15) is 0 Å². The molecule has 30 heavy (non-hydrogen) atoms. The average molecular weight is 406 g/mol. The highest BCUT2D eigenvalue weighted by molar-refractivity contribution is 5.96. The third-order valence-electron chi connectivity index (χ3n) is 4.83. The van der Waals surface area contributed by atoms with Crippen molar-refractivity contribution >= 4 is 40.0 Å². The van der Waals surface area contributed by atoms with Crippen LogP contribution in [-0.4, -0.2) is 17.8 Å². The Morgan fingerprint density at radius 2 is 1.77 bits per heavy atom. The zero-order valence-corrected chi connectivity index (χ0v) is 15.9. The van der Waals surface area contributed by atoms with Crippen molar-refractivity contribution in [3.8, 4) is 0 Å². The molecule has 0 aromatic heterocycles. The van der Waals surface area contributed by atoms with E-state index >= 15 is 0 Å². The van der Waals surface area contributed by atoms with Crippen molar-refractivity contribution in [2.24, 2.45) is 0 Å². The van der Waals surface area contributed by atoms with E-state index in [9.17, 15) is 18.8 Å². The molecule has 0 atom stereocenters. The molecule has 152 valence electrons. The number of amides is 4. The number of hydrogen-bond donors (Lipinski definition) is 4. The van der Waals surface area contributed by atoms with E-state index < -0.39 is 17.8 Å². The number of benzene rings is 3. The molecule has 3 aromatic rings. The summed E-state index contributed by atoms with van der Waals surface area (Å²) in [7, 11) is 0. The van der Waals surface area contributed by atoms with Crippen molar-refractivity contribution in [2.45, 2.75) is 19.3 Å². The molecule has 0 saturated carbocycles. The quantitative estimate of drug-likeness (QED) is 0.503. The average Bonchev–Trinajstić information content (AvgIpc) is 2.73. The maximum atomic E-state index is 14.2. The van der Waals surface area contributed by atoms with Crippen molar-refractivity contribution in [3.63, 3.8) is 0 Å². The summed E-state index contributed by atoms with van der Waals surface area (Å²) in [6, 6.07) is 15.3. The van der Waals surface area contributed by atoms with Crippen molar-refractivity contribution in [1.82, 2.24) is 10.9 Å². The second kappa shape index (κ2) is 8.20. The molecule has 4 N–H and O–H groups in total. The summed E-state index contributed by atoms with van der Waals surface area (Å²) in [5, 5.41) is 7.06. The smallest absolute Gasteiger partial charge is 0.326 e. The van der Waals surface area contributed by atoms with Gasteiger partial charge >= 0.3 is 6.03 Å². The first-order valence-corrected chi connectivity index (χ1v) is 9.44. The SMILES string of the molecule is O=C(Cc1ccc2ccccc2c1)NNC(=O)Nc1cc2c(cc1F)CCC(=O)N2. The number of anilines is 2. The van der Waals surface area contributed by atoms with Gasteiger partial charge in [-0.15, -0.1) is 0 Å². The Balaban J connectivity index is 1.33. The third-order valence-corrected chi connectivity index (χ3v) is 4.83. The molecule has 0 radical (unpaired) electrons. The number of fused-ring (bicyclic) bond motifs is 2. The van der Waals surface area contributed by atoms with Gasteiger partial charge in [-0.1, -0.05) is 42.5 Å². The van der Waals surface area contributed by atoms with Crippen LogP contribution in [0.4, 0.5) is 20.6 Å². The number of hydrazine groups is 1. The standard InChI is InChI=1S/C22H19FN4O3/c23-17-11-16-7-8-20(28)24-18(16)12-19(17)25-22(30)27-26-21(29)10-13-5-6-14-3-1-2-4-15(14)9-13/h1-6,9,11-12H,7-8,10H2,(H,24,28)(H,26,29)(H2,25,27,30). The van der Waals surface area contributed by atoms with E-state index in [0.717, 1.165) is 16.3 Å². The number of hydrogen-bond acceptors (Lipinski definition) is 3. The first-order valence-electron chi connectivity index (χ1n) is 9.44. The fraction of sp³-hybridized carbons (Fsp3) is 0.136. The lowest BCUT2D eigenvalue weighted by atomic mass is 10.0. The third kappa shape index (κ3) is 4.38. The van der Waals surface area contributed by atoms with Gasteiger partial charge in [-0.05, 0) is 40.5 Å². The Kier molecular flexibility index (Phi) is 5.30. The van der Waals surface area contributed by atoms with E-state index in [1.807, 2.05) is 42.5 Å². The van der Waals surface area contributed by atoms with Crippen LogP contribution in [0.1, 0.15) is 17.5 Å². The molecule has 8 heteroatoms. The molecule has 1 aliphatic rings. The van der Waals surface area contributed by atoms with Gasteiger partial charge in [0.05, 0.1) is 12.1 Å². The Morgan fingerprint density at radius 1 is 0.967 bits per heavy atom. The van der Waals surface area contributed by atoms with E-state index in [4.69, 9.17) is 0 Å². The highest BCUT2D eigenvalue weighted by atomic mass is 19.1. The lowest BCUT2D eigenvalue weighted by Crippen LogP contribution is -2.44. The molecule has 0 aliphatic carbocycles. The Hall–Kier alpha value is -3.94. The molecule has 0 fully saturated rings. The van der Waals surface area contributed by atoms with Crippen LogP contribution in [0.25, 0.3) is 10.8 Å². The molecule has 0 bridgehead atoms. The summed E-state index contributed by atoms with van der Waals surface area (Å²) in [6.07, 6.45) is 0.808. The van der Waals surface area contributed by atoms with Gasteiger partial charge in [0, 0.05) is 12.1 Å². The van der Waals surface area contributed by atoms with Gasteiger partial charge in [-0.25, -0.2) is 14.6 Å². The first-order chi connectivity index (χ1) is 14.5. The number of carbonyl (C=O) groups excluding carboxylic acids is 3. The molecule has 4 amide bonds. The summed E-state index contributed by atoms with van der Waals surface area (Å²) < 4.78 is 14.2.